The summed E-state index contributed by atoms with van der Waals surface area (Å²) in [5.74, 6) is 0. The number of halogens is 1. The highest BCUT2D eigenvalue weighted by Gasteiger charge is 2.20. The fourth-order valence-corrected chi connectivity index (χ4v) is 3.33. The zero-order valence-corrected chi connectivity index (χ0v) is 10.7. The lowest BCUT2D eigenvalue weighted by Crippen LogP contribution is -2.33. The Bertz CT molecular complexity index is 428. The van der Waals surface area contributed by atoms with Gasteiger partial charge < -0.3 is 0 Å². The first kappa shape index (κ1) is 10.1. The molecule has 0 aliphatic carbocycles. The van der Waals surface area contributed by atoms with Gasteiger partial charge in [-0.05, 0) is 10.9 Å². The zero-order chi connectivity index (χ0) is 9.97. The van der Waals surface area contributed by atoms with Crippen LogP contribution in [0.4, 0.5) is 0 Å². The molecule has 1 heterocycles. The maximum absolute atomic E-state index is 4.35. The Hall–Kier alpha value is -0.390. The van der Waals surface area contributed by atoms with E-state index < -0.39 is 0 Å². The van der Waals surface area contributed by atoms with Crippen LogP contribution in [-0.2, 0) is 0 Å². The van der Waals surface area contributed by atoms with E-state index in [0.29, 0.717) is 0 Å². The van der Waals surface area contributed by atoms with Gasteiger partial charge in [-0.3, -0.25) is 0 Å². The smallest absolute Gasteiger partial charge is 0.110 e. The maximum atomic E-state index is 4.35. The third-order valence-corrected chi connectivity index (χ3v) is 4.90. The monoisotopic (exact) mass is 287 g/mol. The van der Waals surface area contributed by atoms with Crippen LogP contribution in [0.15, 0.2) is 39.1 Å². The summed E-state index contributed by atoms with van der Waals surface area (Å²) in [4.78, 5) is 0. The maximum Gasteiger partial charge on any atom is 0.306 e. The molecule has 0 fully saturated rings. The van der Waals surface area contributed by atoms with Crippen LogP contribution in [0.25, 0.3) is 5.69 Å². The van der Waals surface area contributed by atoms with E-state index >= 15 is 0 Å². The third kappa shape index (κ3) is 1.85. The molecule has 0 saturated heterocycles. The second kappa shape index (κ2) is 4.42. The van der Waals surface area contributed by atoms with Crippen LogP contribution < -0.4 is 4.68 Å². The van der Waals surface area contributed by atoms with Crippen molar-refractivity contribution in [3.63, 3.8) is 0 Å². The van der Waals surface area contributed by atoms with Gasteiger partial charge in [-0.2, -0.15) is 0 Å². The number of aromatic nitrogens is 2. The normalized spacial score (nSPS) is 10.4. The lowest BCUT2D eigenvalue weighted by atomic mass is 10.3. The summed E-state index contributed by atoms with van der Waals surface area (Å²) in [5, 5.41) is 0. The van der Waals surface area contributed by atoms with Crippen LogP contribution >= 0.6 is 39.2 Å². The first-order valence-corrected chi connectivity index (χ1v) is 6.79. The summed E-state index contributed by atoms with van der Waals surface area (Å²) in [7, 11) is 0. The molecular weight excluding hydrogens is 280 g/mol. The largest absolute Gasteiger partial charge is 0.306 e. The van der Waals surface area contributed by atoms with Crippen molar-refractivity contribution in [3.8, 4) is 5.69 Å². The Morgan fingerprint density at radius 3 is 2.64 bits per heavy atom. The summed E-state index contributed by atoms with van der Waals surface area (Å²) in [6.07, 6.45) is 2.05. The molecule has 1 aromatic carbocycles. The standard InChI is InChI=1S/C9H8BrN2S2/c1-13-9-8(10)12(11-14-9)7-5-3-2-4-6-7/h2-6H,1H3/q+1. The number of rotatable bonds is 2. The number of hydrogen-bond acceptors (Lipinski definition) is 3. The second-order valence-corrected chi connectivity index (χ2v) is 5.18. The Labute approximate surface area is 99.2 Å². The lowest BCUT2D eigenvalue weighted by molar-refractivity contribution is -0.663. The van der Waals surface area contributed by atoms with Crippen molar-refractivity contribution < 1.29 is 4.68 Å². The Morgan fingerprint density at radius 1 is 1.36 bits per heavy atom. The van der Waals surface area contributed by atoms with Crippen molar-refractivity contribution in [2.75, 3.05) is 6.26 Å². The molecule has 5 heteroatoms. The van der Waals surface area contributed by atoms with Gasteiger partial charge in [-0.1, -0.05) is 18.2 Å². The predicted molar refractivity (Wildman–Crippen MR) is 63.1 cm³/mol. The number of nitrogens with zero attached hydrogens (tertiary/aromatic N) is 2. The molecule has 1 aromatic heterocycles. The number of para-hydroxylation sites is 1. The van der Waals surface area contributed by atoms with E-state index in [4.69, 9.17) is 0 Å². The minimum absolute atomic E-state index is 1.03. The molecule has 72 valence electrons. The summed E-state index contributed by atoms with van der Waals surface area (Å²) < 4.78 is 8.46. The van der Waals surface area contributed by atoms with Crippen LogP contribution in [0.3, 0.4) is 0 Å². The molecule has 2 nitrogen and oxygen atoms in total. The van der Waals surface area contributed by atoms with Gasteiger partial charge in [0.2, 0.25) is 5.69 Å². The Kier molecular flexibility index (Phi) is 3.20. The van der Waals surface area contributed by atoms with Crippen molar-refractivity contribution >= 4 is 39.2 Å². The molecule has 0 N–H and O–H groups in total. The Morgan fingerprint density at radius 2 is 2.07 bits per heavy atom. The summed E-state index contributed by atoms with van der Waals surface area (Å²) >= 11 is 6.74. The second-order valence-electron chi connectivity index (χ2n) is 2.60. The molecule has 0 atom stereocenters. The Balaban J connectivity index is 2.48. The highest BCUT2D eigenvalue weighted by Crippen LogP contribution is 2.26. The molecule has 0 saturated carbocycles. The van der Waals surface area contributed by atoms with Crippen LogP contribution in [0.1, 0.15) is 0 Å². The lowest BCUT2D eigenvalue weighted by Gasteiger charge is -1.88. The third-order valence-electron chi connectivity index (χ3n) is 1.75. The zero-order valence-electron chi connectivity index (χ0n) is 7.48. The molecule has 2 rings (SSSR count). The van der Waals surface area contributed by atoms with Gasteiger partial charge in [0, 0.05) is 39.6 Å². The van der Waals surface area contributed by atoms with E-state index in [2.05, 4.69) is 20.4 Å². The molecule has 2 aromatic rings. The van der Waals surface area contributed by atoms with E-state index in [1.807, 2.05) is 41.3 Å². The van der Waals surface area contributed by atoms with E-state index in [1.54, 1.807) is 11.8 Å². The van der Waals surface area contributed by atoms with Crippen LogP contribution in [0, 0.1) is 0 Å². The summed E-state index contributed by atoms with van der Waals surface area (Å²) in [6, 6.07) is 10.1. The highest BCUT2D eigenvalue weighted by atomic mass is 79.9. The number of hydrogen-bond donors (Lipinski definition) is 0. The van der Waals surface area contributed by atoms with Crippen LogP contribution in [-0.4, -0.2) is 10.7 Å². The van der Waals surface area contributed by atoms with Gasteiger partial charge in [0.15, 0.2) is 4.21 Å². The topological polar surface area (TPSA) is 16.8 Å². The van der Waals surface area contributed by atoms with Gasteiger partial charge in [0.1, 0.15) is 0 Å². The van der Waals surface area contributed by atoms with E-state index in [9.17, 15) is 0 Å². The molecule has 0 spiro atoms. The van der Waals surface area contributed by atoms with Crippen molar-refractivity contribution in [2.45, 2.75) is 4.21 Å². The van der Waals surface area contributed by atoms with Gasteiger partial charge in [0.05, 0.1) is 4.49 Å². The first-order valence-electron chi connectivity index (χ1n) is 4.00. The van der Waals surface area contributed by atoms with Gasteiger partial charge in [0.25, 0.3) is 0 Å². The van der Waals surface area contributed by atoms with Gasteiger partial charge >= 0.3 is 4.60 Å². The van der Waals surface area contributed by atoms with Crippen molar-refractivity contribution in [2.24, 2.45) is 0 Å². The van der Waals surface area contributed by atoms with Crippen LogP contribution in [0.2, 0.25) is 0 Å². The van der Waals surface area contributed by atoms with Crippen molar-refractivity contribution in [1.82, 2.24) is 4.49 Å². The van der Waals surface area contributed by atoms with Crippen molar-refractivity contribution in [1.29, 1.82) is 0 Å². The van der Waals surface area contributed by atoms with E-state index in [0.717, 1.165) is 10.3 Å². The fraction of sp³-hybridized carbons (Fsp3) is 0.111. The predicted octanol–water partition coefficient (Wildman–Crippen LogP) is 2.90. The summed E-state index contributed by atoms with van der Waals surface area (Å²) in [6.45, 7) is 0. The molecule has 14 heavy (non-hydrogen) atoms. The summed E-state index contributed by atoms with van der Waals surface area (Å²) in [5.41, 5.74) is 1.08. The molecule has 0 amide bonds. The minimum Gasteiger partial charge on any atom is -0.110 e. The average Bonchev–Trinajstić information content (AvgIpc) is 2.61. The SMILES string of the molecule is CSc1sn[n+](-c2ccccc2)c1Br. The average molecular weight is 288 g/mol. The highest BCUT2D eigenvalue weighted by molar-refractivity contribution is 9.10. The van der Waals surface area contributed by atoms with E-state index in [1.165, 1.54) is 15.7 Å². The quantitative estimate of drug-likeness (QED) is 0.624. The minimum atomic E-state index is 1.03. The molecular formula is C9H8BrN2S2+. The van der Waals surface area contributed by atoms with Gasteiger partial charge in [-0.25, -0.2) is 0 Å². The molecule has 0 unspecified atom stereocenters. The van der Waals surface area contributed by atoms with Crippen LogP contribution in [0.5, 0.6) is 0 Å². The van der Waals surface area contributed by atoms with Crippen molar-refractivity contribution in [3.05, 3.63) is 34.9 Å². The van der Waals surface area contributed by atoms with Gasteiger partial charge in [-0.15, -0.1) is 11.8 Å². The molecule has 0 aliphatic heterocycles. The molecule has 0 bridgehead atoms. The molecule has 0 aliphatic rings. The fourth-order valence-electron chi connectivity index (χ4n) is 1.09. The van der Waals surface area contributed by atoms with E-state index in [-0.39, 0.29) is 0 Å². The first-order chi connectivity index (χ1) is 6.83. The number of benzene rings is 1. The molecule has 0 radical (unpaired) electrons. The number of thioether (sulfide) groups is 1.